The van der Waals surface area contributed by atoms with Crippen LogP contribution in [0.15, 0.2) is 77.7 Å². The van der Waals surface area contributed by atoms with Gasteiger partial charge in [0.25, 0.3) is 0 Å². The normalized spacial score (nSPS) is 11.5. The molecule has 0 fully saturated rings. The predicted octanol–water partition coefficient (Wildman–Crippen LogP) is 4.19. The van der Waals surface area contributed by atoms with Crippen LogP contribution in [0.5, 0.6) is 5.75 Å². The number of carboxylic acids is 1. The van der Waals surface area contributed by atoms with E-state index in [0.717, 1.165) is 16.3 Å². The highest BCUT2D eigenvalue weighted by Crippen LogP contribution is 2.33. The van der Waals surface area contributed by atoms with E-state index < -0.39 is 27.9 Å². The minimum atomic E-state index is -4.61. The van der Waals surface area contributed by atoms with Crippen molar-refractivity contribution in [1.29, 1.82) is 0 Å². The third kappa shape index (κ3) is 6.65. The predicted molar refractivity (Wildman–Crippen MR) is 130 cm³/mol. The van der Waals surface area contributed by atoms with Gasteiger partial charge in [0, 0.05) is 11.3 Å². The maximum absolute atomic E-state index is 13.1. The number of aromatic carboxylic acids is 1. The Labute approximate surface area is 209 Å². The van der Waals surface area contributed by atoms with Crippen molar-refractivity contribution < 1.29 is 36.6 Å². The van der Waals surface area contributed by atoms with Crippen molar-refractivity contribution in [1.82, 2.24) is 9.78 Å². The average molecular weight is 535 g/mol. The summed E-state index contributed by atoms with van der Waals surface area (Å²) < 4.78 is 63.2. The number of benzene rings is 3. The number of carbonyl (C=O) groups is 1. The largest absolute Gasteiger partial charge is 0.507 e. The quantitative estimate of drug-likeness (QED) is 0.225. The summed E-state index contributed by atoms with van der Waals surface area (Å²) in [6, 6.07) is 16.9. The van der Waals surface area contributed by atoms with Crippen molar-refractivity contribution in [3.05, 3.63) is 89.6 Å². The molecule has 4 rings (SSSR count). The van der Waals surface area contributed by atoms with Gasteiger partial charge in [-0.15, -0.1) is 0 Å². The van der Waals surface area contributed by atoms with Crippen molar-refractivity contribution in [2.24, 2.45) is 5.14 Å². The van der Waals surface area contributed by atoms with Crippen LogP contribution in [0.1, 0.15) is 21.6 Å². The van der Waals surface area contributed by atoms with E-state index in [1.807, 2.05) is 6.92 Å². The molecule has 0 bridgehead atoms. The Hall–Kier alpha value is -4.36. The molecule has 1 aromatic heterocycles. The zero-order valence-corrected chi connectivity index (χ0v) is 20.0. The monoisotopic (exact) mass is 534 g/mol. The van der Waals surface area contributed by atoms with Crippen molar-refractivity contribution in [2.45, 2.75) is 18.0 Å². The van der Waals surface area contributed by atoms with Crippen LogP contribution in [-0.2, 0) is 16.2 Å². The minimum absolute atomic E-state index is 0.138. The minimum Gasteiger partial charge on any atom is -0.507 e. The smallest absolute Gasteiger partial charge is 0.435 e. The van der Waals surface area contributed by atoms with E-state index in [1.165, 1.54) is 42.5 Å². The molecule has 0 radical (unpaired) electrons. The Morgan fingerprint density at radius 1 is 0.973 bits per heavy atom. The number of nitrogen functional groups attached to an aromatic ring is 1. The number of alkyl halides is 3. The van der Waals surface area contributed by atoms with Gasteiger partial charge in [-0.3, -0.25) is 0 Å². The molecule has 0 aliphatic rings. The lowest BCUT2D eigenvalue weighted by molar-refractivity contribution is -0.141. The molecule has 0 saturated carbocycles. The maximum atomic E-state index is 13.1. The molecule has 0 saturated heterocycles. The Balaban J connectivity index is 0.000000289. The molecule has 4 aromatic rings. The first-order chi connectivity index (χ1) is 17.2. The van der Waals surface area contributed by atoms with E-state index in [0.29, 0.717) is 11.3 Å². The molecule has 13 heteroatoms. The second kappa shape index (κ2) is 10.3. The molecular weight excluding hydrogens is 513 g/mol. The number of aromatic hydroxyl groups is 1. The number of rotatable bonds is 4. The molecule has 0 amide bonds. The lowest BCUT2D eigenvalue weighted by atomic mass is 10.1. The fraction of sp³-hybridized carbons (Fsp3) is 0.0833. The molecule has 6 N–H and O–H groups in total. The first-order valence-electron chi connectivity index (χ1n) is 10.4. The zero-order valence-electron chi connectivity index (χ0n) is 19.1. The lowest BCUT2D eigenvalue weighted by Gasteiger charge is -2.09. The highest BCUT2D eigenvalue weighted by molar-refractivity contribution is 7.89. The Morgan fingerprint density at radius 2 is 1.57 bits per heavy atom. The van der Waals surface area contributed by atoms with E-state index in [4.69, 9.17) is 21.1 Å². The highest BCUT2D eigenvalue weighted by Gasteiger charge is 2.35. The summed E-state index contributed by atoms with van der Waals surface area (Å²) in [6.07, 6.45) is -4.61. The molecule has 0 aliphatic carbocycles. The Bertz CT molecular complexity index is 1530. The maximum Gasteiger partial charge on any atom is 0.435 e. The van der Waals surface area contributed by atoms with Crippen LogP contribution in [0.3, 0.4) is 0 Å². The van der Waals surface area contributed by atoms with Crippen molar-refractivity contribution >= 4 is 21.7 Å². The number of primary sulfonamides is 1. The number of sulfonamides is 1. The number of aryl methyl sites for hydroxylation is 1. The molecular formula is C24H21F3N4O5S. The second-order valence-corrected chi connectivity index (χ2v) is 9.37. The van der Waals surface area contributed by atoms with Crippen LogP contribution in [0, 0.1) is 6.92 Å². The summed E-state index contributed by atoms with van der Waals surface area (Å²) in [7, 11) is -3.90. The molecule has 0 atom stereocenters. The fourth-order valence-corrected chi connectivity index (χ4v) is 3.66. The summed E-state index contributed by atoms with van der Waals surface area (Å²) in [6.45, 7) is 1.87. The molecule has 37 heavy (non-hydrogen) atoms. The topological polar surface area (TPSA) is 162 Å². The standard InChI is InChI=1S/C17H14F3N3O2S.C7H7NO3/c1-11-2-4-12(5-3-11)15-10-16(17(18,19)20)22-23(15)13-6-8-14(9-7-13)26(21,24)25;8-4-1-2-6(9)5(3-4)7(10)11/h2-10H,1H3,(H2,21,24,25);1-3,9H,8H2,(H,10,11). The van der Waals surface area contributed by atoms with Gasteiger partial charge in [0.15, 0.2) is 5.69 Å². The van der Waals surface area contributed by atoms with Crippen LogP contribution >= 0.6 is 0 Å². The third-order valence-electron chi connectivity index (χ3n) is 5.01. The second-order valence-electron chi connectivity index (χ2n) is 7.81. The van der Waals surface area contributed by atoms with Crippen molar-refractivity contribution in [2.75, 3.05) is 5.73 Å². The molecule has 194 valence electrons. The number of anilines is 1. The highest BCUT2D eigenvalue weighted by atomic mass is 32.2. The lowest BCUT2D eigenvalue weighted by Crippen LogP contribution is -2.12. The molecule has 0 aliphatic heterocycles. The molecule has 0 spiro atoms. The first-order valence-corrected chi connectivity index (χ1v) is 11.9. The van der Waals surface area contributed by atoms with Gasteiger partial charge in [0.2, 0.25) is 10.0 Å². The van der Waals surface area contributed by atoms with Gasteiger partial charge in [0.1, 0.15) is 11.3 Å². The van der Waals surface area contributed by atoms with Crippen molar-refractivity contribution in [3.8, 4) is 22.7 Å². The summed E-state index contributed by atoms with van der Waals surface area (Å²) in [4.78, 5) is 10.2. The van der Waals surface area contributed by atoms with Crippen LogP contribution in [0.4, 0.5) is 18.9 Å². The molecule has 1 heterocycles. The number of hydrogen-bond acceptors (Lipinski definition) is 6. The zero-order chi connectivity index (χ0) is 27.5. The number of halogens is 3. The van der Waals surface area contributed by atoms with Gasteiger partial charge >= 0.3 is 12.1 Å². The van der Waals surface area contributed by atoms with E-state index in [9.17, 15) is 26.4 Å². The summed E-state index contributed by atoms with van der Waals surface area (Å²) >= 11 is 0. The number of phenols is 1. The van der Waals surface area contributed by atoms with Gasteiger partial charge in [-0.05, 0) is 55.5 Å². The number of hydrogen-bond donors (Lipinski definition) is 4. The molecule has 9 nitrogen and oxygen atoms in total. The summed E-state index contributed by atoms with van der Waals surface area (Å²) in [5, 5.41) is 26.1. The third-order valence-corrected chi connectivity index (χ3v) is 5.94. The Morgan fingerprint density at radius 3 is 2.05 bits per heavy atom. The first kappa shape index (κ1) is 27.2. The van der Waals surface area contributed by atoms with Crippen LogP contribution < -0.4 is 10.9 Å². The van der Waals surface area contributed by atoms with Gasteiger partial charge in [-0.1, -0.05) is 29.8 Å². The van der Waals surface area contributed by atoms with E-state index in [-0.39, 0.29) is 27.6 Å². The van der Waals surface area contributed by atoms with E-state index in [2.05, 4.69) is 5.10 Å². The molecule has 3 aromatic carbocycles. The van der Waals surface area contributed by atoms with Crippen molar-refractivity contribution in [3.63, 3.8) is 0 Å². The Kier molecular flexibility index (Phi) is 7.60. The number of carboxylic acid groups (broad SMARTS) is 1. The average Bonchev–Trinajstić information content (AvgIpc) is 3.27. The van der Waals surface area contributed by atoms with Crippen LogP contribution in [0.2, 0.25) is 0 Å². The van der Waals surface area contributed by atoms with Gasteiger partial charge in [0.05, 0.1) is 16.3 Å². The fourth-order valence-electron chi connectivity index (χ4n) is 3.15. The van der Waals surface area contributed by atoms with Gasteiger partial charge < -0.3 is 15.9 Å². The number of aromatic nitrogens is 2. The van der Waals surface area contributed by atoms with Crippen LogP contribution in [0.25, 0.3) is 16.9 Å². The van der Waals surface area contributed by atoms with Crippen LogP contribution in [-0.4, -0.2) is 34.4 Å². The summed E-state index contributed by atoms with van der Waals surface area (Å²) in [5.41, 5.74) is 6.43. The van der Waals surface area contributed by atoms with Gasteiger partial charge in [-0.25, -0.2) is 23.0 Å². The van der Waals surface area contributed by atoms with Gasteiger partial charge in [-0.2, -0.15) is 18.3 Å². The summed E-state index contributed by atoms with van der Waals surface area (Å²) in [5.74, 6) is -1.46. The van der Waals surface area contributed by atoms with E-state index in [1.54, 1.807) is 24.3 Å². The number of nitrogens with two attached hydrogens (primary N) is 2. The SMILES string of the molecule is Cc1ccc(-c2cc(C(F)(F)F)nn2-c2ccc(S(N)(=O)=O)cc2)cc1.Nc1ccc(O)c(C(=O)O)c1. The number of nitrogens with zero attached hydrogens (tertiary/aromatic N) is 2. The van der Waals surface area contributed by atoms with E-state index >= 15 is 0 Å². The molecule has 0 unspecified atom stereocenters.